The third kappa shape index (κ3) is 2.90. The Bertz CT molecular complexity index is 567. The Morgan fingerprint density at radius 2 is 2.19 bits per heavy atom. The molecule has 1 N–H and O–H groups in total. The summed E-state index contributed by atoms with van der Waals surface area (Å²) < 4.78 is 6.75. The van der Waals surface area contributed by atoms with Gasteiger partial charge in [-0.3, -0.25) is 9.48 Å². The Hall–Kier alpha value is -1.96. The maximum absolute atomic E-state index is 12.4. The Labute approximate surface area is 121 Å². The second kappa shape index (κ2) is 5.44. The lowest BCUT2D eigenvalue weighted by atomic mass is 10.2. The molecule has 1 unspecified atom stereocenters. The van der Waals surface area contributed by atoms with Crippen LogP contribution in [0.4, 0.5) is 0 Å². The maximum atomic E-state index is 12.4. The number of hydrogen-bond donors (Lipinski definition) is 1. The molecule has 0 spiro atoms. The Kier molecular flexibility index (Phi) is 3.62. The molecule has 1 atom stereocenters. The second-order valence-electron chi connectivity index (χ2n) is 5.48. The van der Waals surface area contributed by atoms with Gasteiger partial charge in [-0.25, -0.2) is 9.78 Å². The number of carboxylic acid groups (broad SMARTS) is 1. The first kappa shape index (κ1) is 14.0. The molecule has 1 saturated carbocycles. The zero-order chi connectivity index (χ0) is 15.0. The van der Waals surface area contributed by atoms with Crippen molar-refractivity contribution in [2.45, 2.75) is 31.2 Å². The highest BCUT2D eigenvalue weighted by Crippen LogP contribution is 2.38. The number of aromatic nitrogens is 3. The van der Waals surface area contributed by atoms with Crippen molar-refractivity contribution < 1.29 is 19.4 Å². The van der Waals surface area contributed by atoms with Gasteiger partial charge in [-0.05, 0) is 12.8 Å². The Balaban J connectivity index is 1.71. The van der Waals surface area contributed by atoms with Crippen molar-refractivity contribution in [3.63, 3.8) is 0 Å². The SMILES string of the molecule is Cn1nc(C2CC2)nc1CC(=O)N1CCOCC1C(=O)O. The van der Waals surface area contributed by atoms with Crippen LogP contribution >= 0.6 is 0 Å². The van der Waals surface area contributed by atoms with Gasteiger partial charge in [0.15, 0.2) is 11.9 Å². The average molecular weight is 294 g/mol. The van der Waals surface area contributed by atoms with Crippen molar-refractivity contribution in [3.05, 3.63) is 11.6 Å². The number of rotatable bonds is 4. The van der Waals surface area contributed by atoms with Crippen LogP contribution in [-0.4, -0.2) is 62.4 Å². The molecule has 8 heteroatoms. The lowest BCUT2D eigenvalue weighted by Gasteiger charge is -2.32. The van der Waals surface area contributed by atoms with Crippen molar-refractivity contribution >= 4 is 11.9 Å². The van der Waals surface area contributed by atoms with Gasteiger partial charge >= 0.3 is 5.97 Å². The zero-order valence-corrected chi connectivity index (χ0v) is 11.9. The minimum absolute atomic E-state index is 0.0349. The van der Waals surface area contributed by atoms with Crippen molar-refractivity contribution in [1.82, 2.24) is 19.7 Å². The van der Waals surface area contributed by atoms with E-state index >= 15 is 0 Å². The van der Waals surface area contributed by atoms with E-state index in [1.807, 2.05) is 0 Å². The molecule has 3 rings (SSSR count). The van der Waals surface area contributed by atoms with E-state index in [9.17, 15) is 9.59 Å². The number of carbonyl (C=O) groups excluding carboxylic acids is 1. The highest BCUT2D eigenvalue weighted by atomic mass is 16.5. The Morgan fingerprint density at radius 3 is 2.86 bits per heavy atom. The topological polar surface area (TPSA) is 97.5 Å². The normalized spacial score (nSPS) is 22.3. The molecule has 8 nitrogen and oxygen atoms in total. The lowest BCUT2D eigenvalue weighted by Crippen LogP contribution is -2.53. The Morgan fingerprint density at radius 1 is 1.43 bits per heavy atom. The summed E-state index contributed by atoms with van der Waals surface area (Å²) in [4.78, 5) is 29.3. The van der Waals surface area contributed by atoms with E-state index in [1.165, 1.54) is 4.90 Å². The van der Waals surface area contributed by atoms with Crippen molar-refractivity contribution in [1.29, 1.82) is 0 Å². The molecule has 1 aromatic rings. The molecule has 114 valence electrons. The largest absolute Gasteiger partial charge is 0.480 e. The number of morpholine rings is 1. The summed E-state index contributed by atoms with van der Waals surface area (Å²) in [6.45, 7) is 0.692. The molecule has 2 fully saturated rings. The fraction of sp³-hybridized carbons (Fsp3) is 0.692. The fourth-order valence-electron chi connectivity index (χ4n) is 2.45. The van der Waals surface area contributed by atoms with Gasteiger partial charge in [-0.2, -0.15) is 5.10 Å². The molecule has 2 aliphatic rings. The predicted molar refractivity (Wildman–Crippen MR) is 70.6 cm³/mol. The van der Waals surface area contributed by atoms with E-state index in [0.29, 0.717) is 24.9 Å². The van der Waals surface area contributed by atoms with Crippen LogP contribution < -0.4 is 0 Å². The highest BCUT2D eigenvalue weighted by molar-refractivity contribution is 5.84. The van der Waals surface area contributed by atoms with Gasteiger partial charge in [0.25, 0.3) is 0 Å². The van der Waals surface area contributed by atoms with Crippen LogP contribution in [-0.2, 0) is 27.8 Å². The van der Waals surface area contributed by atoms with Crippen LogP contribution in [0.5, 0.6) is 0 Å². The van der Waals surface area contributed by atoms with Crippen LogP contribution in [0.25, 0.3) is 0 Å². The molecule has 0 radical (unpaired) electrons. The molecule has 0 bridgehead atoms. The minimum atomic E-state index is -1.04. The number of amides is 1. The molecular formula is C13H18N4O4. The van der Waals surface area contributed by atoms with Gasteiger partial charge in [-0.1, -0.05) is 0 Å². The highest BCUT2D eigenvalue weighted by Gasteiger charge is 2.34. The first-order chi connectivity index (χ1) is 10.1. The van der Waals surface area contributed by atoms with Gasteiger partial charge in [0.05, 0.1) is 19.6 Å². The summed E-state index contributed by atoms with van der Waals surface area (Å²) in [6.07, 6.45) is 2.27. The van der Waals surface area contributed by atoms with Crippen LogP contribution in [0.1, 0.15) is 30.4 Å². The van der Waals surface area contributed by atoms with Crippen molar-refractivity contribution in [2.75, 3.05) is 19.8 Å². The predicted octanol–water partition coefficient (Wildman–Crippen LogP) is -0.453. The van der Waals surface area contributed by atoms with Crippen molar-refractivity contribution in [3.8, 4) is 0 Å². The van der Waals surface area contributed by atoms with Gasteiger partial charge in [0.2, 0.25) is 5.91 Å². The summed E-state index contributed by atoms with van der Waals surface area (Å²) >= 11 is 0. The molecule has 21 heavy (non-hydrogen) atoms. The molecular weight excluding hydrogens is 276 g/mol. The third-order valence-corrected chi connectivity index (χ3v) is 3.86. The second-order valence-corrected chi connectivity index (χ2v) is 5.48. The number of nitrogens with zero attached hydrogens (tertiary/aromatic N) is 4. The smallest absolute Gasteiger partial charge is 0.328 e. The molecule has 1 aromatic heterocycles. The molecule has 2 heterocycles. The van der Waals surface area contributed by atoms with Crippen LogP contribution in [0.2, 0.25) is 0 Å². The van der Waals surface area contributed by atoms with E-state index in [-0.39, 0.29) is 18.9 Å². The van der Waals surface area contributed by atoms with E-state index in [2.05, 4.69) is 10.1 Å². The minimum Gasteiger partial charge on any atom is -0.480 e. The zero-order valence-electron chi connectivity index (χ0n) is 11.9. The summed E-state index contributed by atoms with van der Waals surface area (Å²) in [6, 6.07) is -0.914. The molecule has 1 saturated heterocycles. The first-order valence-corrected chi connectivity index (χ1v) is 7.06. The molecule has 1 amide bonds. The molecule has 1 aliphatic heterocycles. The number of aliphatic carboxylic acids is 1. The van der Waals surface area contributed by atoms with Gasteiger partial charge in [-0.15, -0.1) is 0 Å². The lowest BCUT2D eigenvalue weighted by molar-refractivity contribution is -0.158. The maximum Gasteiger partial charge on any atom is 0.328 e. The quantitative estimate of drug-likeness (QED) is 0.807. The number of carbonyl (C=O) groups is 2. The summed E-state index contributed by atoms with van der Waals surface area (Å²) in [5.74, 6) is 0.507. The third-order valence-electron chi connectivity index (χ3n) is 3.86. The fourth-order valence-corrected chi connectivity index (χ4v) is 2.45. The van der Waals surface area contributed by atoms with Gasteiger partial charge in [0, 0.05) is 19.5 Å². The van der Waals surface area contributed by atoms with E-state index in [4.69, 9.17) is 9.84 Å². The number of ether oxygens (including phenoxy) is 1. The number of hydrogen-bond acceptors (Lipinski definition) is 5. The molecule has 0 aromatic carbocycles. The molecule has 1 aliphatic carbocycles. The van der Waals surface area contributed by atoms with Crippen LogP contribution in [0.15, 0.2) is 0 Å². The van der Waals surface area contributed by atoms with Crippen molar-refractivity contribution in [2.24, 2.45) is 7.05 Å². The number of aryl methyl sites for hydroxylation is 1. The monoisotopic (exact) mass is 294 g/mol. The summed E-state index contributed by atoms with van der Waals surface area (Å²) in [7, 11) is 1.76. The van der Waals surface area contributed by atoms with E-state index in [1.54, 1.807) is 11.7 Å². The van der Waals surface area contributed by atoms with Gasteiger partial charge in [0.1, 0.15) is 5.82 Å². The summed E-state index contributed by atoms with van der Waals surface area (Å²) in [5, 5.41) is 13.5. The average Bonchev–Trinajstić information content (AvgIpc) is 3.25. The van der Waals surface area contributed by atoms with Crippen LogP contribution in [0, 0.1) is 0 Å². The van der Waals surface area contributed by atoms with E-state index < -0.39 is 12.0 Å². The standard InChI is InChI=1S/C13H18N4O4/c1-16-10(14-12(15-16)8-2-3-8)6-11(18)17-4-5-21-7-9(17)13(19)20/h8-9H,2-7H2,1H3,(H,19,20). The number of carboxylic acids is 1. The van der Waals surface area contributed by atoms with Gasteiger partial charge < -0.3 is 14.7 Å². The summed E-state index contributed by atoms with van der Waals surface area (Å²) in [5.41, 5.74) is 0. The van der Waals surface area contributed by atoms with Crippen LogP contribution in [0.3, 0.4) is 0 Å². The van der Waals surface area contributed by atoms with E-state index in [0.717, 1.165) is 18.7 Å². The first-order valence-electron chi connectivity index (χ1n) is 7.06.